The summed E-state index contributed by atoms with van der Waals surface area (Å²) in [6, 6.07) is 19.3. The Balaban J connectivity index is 1.45. The van der Waals surface area contributed by atoms with Crippen molar-refractivity contribution in [2.45, 2.75) is 13.8 Å². The van der Waals surface area contributed by atoms with Gasteiger partial charge in [0.05, 0.1) is 21.3 Å². The van der Waals surface area contributed by atoms with Crippen molar-refractivity contribution in [2.24, 2.45) is 0 Å². The number of ether oxygens (including phenoxy) is 3. The van der Waals surface area contributed by atoms with E-state index in [-0.39, 0.29) is 5.91 Å². The van der Waals surface area contributed by atoms with Gasteiger partial charge in [0.25, 0.3) is 5.91 Å². The molecule has 1 aliphatic heterocycles. The fraction of sp³-hybridized carbons (Fsp3) is 0.185. The molecule has 0 atom stereocenters. The van der Waals surface area contributed by atoms with E-state index < -0.39 is 0 Å². The Bertz CT molecular complexity index is 1290. The SMILES string of the molecule is COc1cc(C=C2SC(=S)N(c3ccccc3)C2=O)cc(I)c1OCCOc1ccc(C)c(C)c1. The van der Waals surface area contributed by atoms with E-state index >= 15 is 0 Å². The quantitative estimate of drug-likeness (QED) is 0.120. The third-order valence-corrected chi connectivity index (χ3v) is 7.54. The summed E-state index contributed by atoms with van der Waals surface area (Å²) in [6.45, 7) is 4.91. The summed E-state index contributed by atoms with van der Waals surface area (Å²) in [7, 11) is 1.60. The zero-order valence-corrected chi connectivity index (χ0v) is 23.3. The minimum Gasteiger partial charge on any atom is -0.493 e. The van der Waals surface area contributed by atoms with E-state index in [9.17, 15) is 4.79 Å². The molecule has 1 amide bonds. The van der Waals surface area contributed by atoms with Crippen LogP contribution in [0.2, 0.25) is 0 Å². The second kappa shape index (κ2) is 11.5. The predicted octanol–water partition coefficient (Wildman–Crippen LogP) is 6.78. The van der Waals surface area contributed by atoms with Gasteiger partial charge in [0.15, 0.2) is 15.8 Å². The maximum absolute atomic E-state index is 13.0. The molecule has 35 heavy (non-hydrogen) atoms. The number of carbonyl (C=O) groups excluding carboxylic acids is 1. The van der Waals surface area contributed by atoms with Crippen LogP contribution in [0, 0.1) is 17.4 Å². The van der Waals surface area contributed by atoms with Crippen LogP contribution in [0.15, 0.2) is 65.6 Å². The molecule has 0 unspecified atom stereocenters. The number of hydrogen-bond acceptors (Lipinski definition) is 6. The first-order valence-electron chi connectivity index (χ1n) is 10.9. The first kappa shape index (κ1) is 25.5. The number of para-hydroxylation sites is 1. The van der Waals surface area contributed by atoms with Crippen LogP contribution in [0.25, 0.3) is 6.08 Å². The van der Waals surface area contributed by atoms with E-state index in [2.05, 4.69) is 36.4 Å². The highest BCUT2D eigenvalue weighted by molar-refractivity contribution is 14.1. The molecular formula is C27H24INO4S2. The number of thioether (sulfide) groups is 1. The minimum atomic E-state index is -0.135. The van der Waals surface area contributed by atoms with Gasteiger partial charge in [0, 0.05) is 0 Å². The summed E-state index contributed by atoms with van der Waals surface area (Å²) >= 11 is 8.97. The van der Waals surface area contributed by atoms with Gasteiger partial charge in [-0.05, 0) is 95.6 Å². The van der Waals surface area contributed by atoms with E-state index in [1.54, 1.807) is 12.0 Å². The molecule has 4 rings (SSSR count). The fourth-order valence-electron chi connectivity index (χ4n) is 3.49. The highest BCUT2D eigenvalue weighted by Crippen LogP contribution is 2.38. The smallest absolute Gasteiger partial charge is 0.270 e. The first-order chi connectivity index (χ1) is 16.9. The molecule has 3 aromatic rings. The van der Waals surface area contributed by atoms with Gasteiger partial charge in [-0.15, -0.1) is 0 Å². The van der Waals surface area contributed by atoms with Crippen LogP contribution < -0.4 is 19.1 Å². The number of anilines is 1. The number of amides is 1. The lowest BCUT2D eigenvalue weighted by molar-refractivity contribution is -0.113. The van der Waals surface area contributed by atoms with Crippen molar-refractivity contribution in [2.75, 3.05) is 25.2 Å². The third-order valence-electron chi connectivity index (χ3n) is 5.43. The molecule has 8 heteroatoms. The van der Waals surface area contributed by atoms with Gasteiger partial charge in [-0.25, -0.2) is 0 Å². The number of nitrogens with zero attached hydrogens (tertiary/aromatic N) is 1. The number of halogens is 1. The Hall–Kier alpha value is -2.56. The van der Waals surface area contributed by atoms with Gasteiger partial charge in [0.2, 0.25) is 0 Å². The number of thiocarbonyl (C=S) groups is 1. The largest absolute Gasteiger partial charge is 0.493 e. The highest BCUT2D eigenvalue weighted by Gasteiger charge is 2.33. The van der Waals surface area contributed by atoms with Crippen molar-refractivity contribution in [1.82, 2.24) is 0 Å². The van der Waals surface area contributed by atoms with Crippen LogP contribution in [0.3, 0.4) is 0 Å². The lowest BCUT2D eigenvalue weighted by Gasteiger charge is -2.15. The van der Waals surface area contributed by atoms with Crippen molar-refractivity contribution >= 4 is 68.6 Å². The number of hydrogen-bond donors (Lipinski definition) is 0. The summed E-state index contributed by atoms with van der Waals surface area (Å²) in [5.74, 6) is 1.92. The van der Waals surface area contributed by atoms with Gasteiger partial charge in [0.1, 0.15) is 19.0 Å². The molecule has 0 spiro atoms. The average Bonchev–Trinajstić information content (AvgIpc) is 3.12. The number of aryl methyl sites for hydroxylation is 2. The molecule has 1 heterocycles. The summed E-state index contributed by atoms with van der Waals surface area (Å²) in [4.78, 5) is 15.2. The van der Waals surface area contributed by atoms with Crippen LogP contribution in [0.1, 0.15) is 16.7 Å². The zero-order valence-electron chi connectivity index (χ0n) is 19.5. The molecule has 0 aromatic heterocycles. The van der Waals surface area contributed by atoms with Crippen LogP contribution >= 0.6 is 46.6 Å². The molecule has 1 saturated heterocycles. The maximum Gasteiger partial charge on any atom is 0.270 e. The molecule has 180 valence electrons. The van der Waals surface area contributed by atoms with Crippen molar-refractivity contribution in [3.05, 3.63) is 85.8 Å². The summed E-state index contributed by atoms with van der Waals surface area (Å²) in [5, 5.41) is 0. The normalized spacial score (nSPS) is 14.5. The molecule has 1 fully saturated rings. The van der Waals surface area contributed by atoms with E-state index in [4.69, 9.17) is 26.4 Å². The van der Waals surface area contributed by atoms with Gasteiger partial charge in [-0.1, -0.05) is 48.2 Å². The Kier molecular flexibility index (Phi) is 8.35. The van der Waals surface area contributed by atoms with E-state index in [0.29, 0.717) is 33.9 Å². The van der Waals surface area contributed by atoms with Crippen molar-refractivity contribution in [3.63, 3.8) is 0 Å². The highest BCUT2D eigenvalue weighted by atomic mass is 127. The van der Waals surface area contributed by atoms with Gasteiger partial charge < -0.3 is 14.2 Å². The minimum absolute atomic E-state index is 0.135. The predicted molar refractivity (Wildman–Crippen MR) is 155 cm³/mol. The maximum atomic E-state index is 13.0. The van der Waals surface area contributed by atoms with Crippen molar-refractivity contribution in [3.8, 4) is 17.2 Å². The molecule has 5 nitrogen and oxygen atoms in total. The molecular weight excluding hydrogens is 593 g/mol. The molecule has 1 aliphatic rings. The number of methoxy groups -OCH3 is 1. The fourth-order valence-corrected chi connectivity index (χ4v) is 5.57. The van der Waals surface area contributed by atoms with E-state index in [0.717, 1.165) is 20.6 Å². The van der Waals surface area contributed by atoms with E-state index in [1.165, 1.54) is 22.9 Å². The van der Waals surface area contributed by atoms with Crippen molar-refractivity contribution in [1.29, 1.82) is 0 Å². The lowest BCUT2D eigenvalue weighted by atomic mass is 10.1. The van der Waals surface area contributed by atoms with Gasteiger partial charge in [-0.2, -0.15) is 0 Å². The Morgan fingerprint density at radius 3 is 2.46 bits per heavy atom. The third kappa shape index (κ3) is 5.99. The Labute approximate surface area is 228 Å². The molecule has 0 radical (unpaired) electrons. The average molecular weight is 618 g/mol. The molecule has 0 N–H and O–H groups in total. The Morgan fingerprint density at radius 2 is 1.74 bits per heavy atom. The molecule has 0 saturated carbocycles. The topological polar surface area (TPSA) is 48.0 Å². The van der Waals surface area contributed by atoms with Gasteiger partial charge >= 0.3 is 0 Å². The van der Waals surface area contributed by atoms with Crippen molar-refractivity contribution < 1.29 is 19.0 Å². The lowest BCUT2D eigenvalue weighted by Crippen LogP contribution is -2.27. The van der Waals surface area contributed by atoms with Crippen LogP contribution in [-0.4, -0.2) is 30.6 Å². The Morgan fingerprint density at radius 1 is 1.00 bits per heavy atom. The summed E-state index contributed by atoms with van der Waals surface area (Å²) in [5.41, 5.74) is 4.02. The zero-order chi connectivity index (χ0) is 24.9. The molecule has 0 aliphatic carbocycles. The first-order valence-corrected chi connectivity index (χ1v) is 13.2. The number of benzene rings is 3. The number of carbonyl (C=O) groups is 1. The second-order valence-corrected chi connectivity index (χ2v) is 10.7. The summed E-state index contributed by atoms with van der Waals surface area (Å²) < 4.78 is 18.8. The standard InChI is InChI=1S/C27H24INO4S2/c1-17-9-10-21(13-18(17)2)32-11-12-33-25-22(28)14-19(15-23(25)31-3)16-24-26(30)29(27(34)35-24)20-7-5-4-6-8-20/h4-10,13-16H,11-12H2,1-3H3. The molecule has 0 bridgehead atoms. The van der Waals surface area contributed by atoms with E-state index in [1.807, 2.05) is 66.7 Å². The van der Waals surface area contributed by atoms with Crippen LogP contribution in [0.5, 0.6) is 17.2 Å². The number of rotatable bonds is 8. The second-order valence-electron chi connectivity index (χ2n) is 7.83. The molecule has 3 aromatic carbocycles. The summed E-state index contributed by atoms with van der Waals surface area (Å²) in [6.07, 6.45) is 1.83. The monoisotopic (exact) mass is 617 g/mol. The van der Waals surface area contributed by atoms with Crippen LogP contribution in [0.4, 0.5) is 5.69 Å². The van der Waals surface area contributed by atoms with Gasteiger partial charge in [-0.3, -0.25) is 9.69 Å². The van der Waals surface area contributed by atoms with Crippen LogP contribution in [-0.2, 0) is 4.79 Å².